The Bertz CT molecular complexity index is 1790. The summed E-state index contributed by atoms with van der Waals surface area (Å²) in [6.45, 7) is 13.2. The van der Waals surface area contributed by atoms with Gasteiger partial charge in [-0.15, -0.1) is 0 Å². The highest BCUT2D eigenvalue weighted by molar-refractivity contribution is 6.21. The fourth-order valence-electron chi connectivity index (χ4n) is 5.08. The minimum absolute atomic E-state index is 0.303. The lowest BCUT2D eigenvalue weighted by Gasteiger charge is -2.22. The van der Waals surface area contributed by atoms with Gasteiger partial charge in [0, 0.05) is 46.2 Å². The number of aryl methyl sites for hydroxylation is 1. The summed E-state index contributed by atoms with van der Waals surface area (Å²) >= 11 is 0. The van der Waals surface area contributed by atoms with Crippen molar-refractivity contribution in [1.29, 1.82) is 0 Å². The summed E-state index contributed by atoms with van der Waals surface area (Å²) in [6.07, 6.45) is 3.52. The van der Waals surface area contributed by atoms with E-state index in [1.807, 2.05) is 0 Å². The summed E-state index contributed by atoms with van der Waals surface area (Å²) in [4.78, 5) is 17.9. The fraction of sp³-hybridized carbons (Fsp3) is 0.281. The number of anilines is 1. The maximum Gasteiger partial charge on any atom is 0.115 e. The molecule has 0 saturated heterocycles. The van der Waals surface area contributed by atoms with E-state index in [9.17, 15) is 0 Å². The minimum Gasteiger partial charge on any atom is -0.382 e. The quantitative estimate of drug-likeness (QED) is 0.240. The van der Waals surface area contributed by atoms with Crippen molar-refractivity contribution in [1.82, 2.24) is 19.9 Å². The largest absolute Gasteiger partial charge is 0.382 e. The van der Waals surface area contributed by atoms with Crippen LogP contribution in [0.2, 0.25) is 0 Å². The van der Waals surface area contributed by atoms with Crippen molar-refractivity contribution in [3.8, 4) is 11.1 Å². The summed E-state index contributed by atoms with van der Waals surface area (Å²) in [5.41, 5.74) is 8.53. The number of nitrogens with zero attached hydrogens (tertiary/aromatic N) is 3. The predicted molar refractivity (Wildman–Crippen MR) is 156 cm³/mol. The molecule has 4 aromatic carbocycles. The Balaban J connectivity index is 1.53. The Morgan fingerprint density at radius 1 is 0.730 bits per heavy atom. The Hall–Kier alpha value is -3.99. The molecular formula is C32H33N5. The molecule has 2 N–H and O–H groups in total. The van der Waals surface area contributed by atoms with Crippen LogP contribution in [0.25, 0.3) is 54.7 Å². The maximum absolute atomic E-state index is 4.96. The van der Waals surface area contributed by atoms with Crippen molar-refractivity contribution in [2.75, 3.05) is 5.32 Å². The molecule has 0 aliphatic rings. The molecule has 1 unspecified atom stereocenters. The summed E-state index contributed by atoms with van der Waals surface area (Å²) in [5, 5.41) is 8.42. The lowest BCUT2D eigenvalue weighted by molar-refractivity contribution is 0.560. The van der Waals surface area contributed by atoms with E-state index in [4.69, 9.17) is 9.97 Å². The molecule has 6 rings (SSSR count). The van der Waals surface area contributed by atoms with Crippen LogP contribution >= 0.6 is 0 Å². The van der Waals surface area contributed by atoms with Crippen LogP contribution in [0.3, 0.4) is 0 Å². The van der Waals surface area contributed by atoms with Gasteiger partial charge in [-0.05, 0) is 54.0 Å². The Labute approximate surface area is 217 Å². The zero-order valence-electron chi connectivity index (χ0n) is 22.3. The van der Waals surface area contributed by atoms with Gasteiger partial charge in [0.2, 0.25) is 0 Å². The normalized spacial score (nSPS) is 13.0. The van der Waals surface area contributed by atoms with Crippen LogP contribution in [0.15, 0.2) is 60.9 Å². The van der Waals surface area contributed by atoms with E-state index in [2.05, 4.69) is 105 Å². The van der Waals surface area contributed by atoms with Gasteiger partial charge in [0.15, 0.2) is 0 Å². The number of nitrogens with one attached hydrogen (secondary N) is 2. The van der Waals surface area contributed by atoms with Crippen LogP contribution in [0.1, 0.15) is 51.9 Å². The smallest absolute Gasteiger partial charge is 0.115 e. The van der Waals surface area contributed by atoms with Crippen molar-refractivity contribution in [3.63, 3.8) is 0 Å². The van der Waals surface area contributed by atoms with Crippen molar-refractivity contribution in [3.05, 3.63) is 72.3 Å². The number of H-pyrrole nitrogens is 1. The first kappa shape index (κ1) is 23.4. The Morgan fingerprint density at radius 2 is 1.43 bits per heavy atom. The monoisotopic (exact) mass is 487 g/mol. The molecular weight excluding hydrogens is 454 g/mol. The van der Waals surface area contributed by atoms with Gasteiger partial charge in [0.25, 0.3) is 0 Å². The predicted octanol–water partition coefficient (Wildman–Crippen LogP) is 8.37. The molecule has 5 heteroatoms. The van der Waals surface area contributed by atoms with E-state index >= 15 is 0 Å². The van der Waals surface area contributed by atoms with Gasteiger partial charge >= 0.3 is 0 Å². The minimum atomic E-state index is 0.303. The number of hydrogen-bond donors (Lipinski definition) is 2. The highest BCUT2D eigenvalue weighted by atomic mass is 14.9. The van der Waals surface area contributed by atoms with Crippen molar-refractivity contribution < 1.29 is 0 Å². The zero-order chi connectivity index (χ0) is 25.8. The van der Waals surface area contributed by atoms with Gasteiger partial charge in [0.1, 0.15) is 11.3 Å². The molecule has 5 nitrogen and oxygen atoms in total. The number of imidazole rings is 1. The number of hydrogen-bond acceptors (Lipinski definition) is 4. The van der Waals surface area contributed by atoms with Gasteiger partial charge in [-0.3, -0.25) is 9.97 Å². The summed E-state index contributed by atoms with van der Waals surface area (Å²) in [6, 6.07) is 18.2. The molecule has 2 aromatic heterocycles. The van der Waals surface area contributed by atoms with Gasteiger partial charge in [-0.25, -0.2) is 4.98 Å². The van der Waals surface area contributed by atoms with Crippen LogP contribution in [-0.2, 0) is 0 Å². The van der Waals surface area contributed by atoms with Crippen LogP contribution in [-0.4, -0.2) is 26.0 Å². The van der Waals surface area contributed by atoms with Gasteiger partial charge in [0.05, 0.1) is 16.6 Å². The van der Waals surface area contributed by atoms with Gasteiger partial charge in [-0.1, -0.05) is 64.1 Å². The molecule has 0 aliphatic heterocycles. The molecule has 0 fully saturated rings. The third-order valence-corrected chi connectivity index (χ3v) is 7.67. The number of rotatable bonds is 5. The first-order valence-electron chi connectivity index (χ1n) is 13.2. The van der Waals surface area contributed by atoms with E-state index in [1.165, 1.54) is 27.6 Å². The molecule has 2 heterocycles. The van der Waals surface area contributed by atoms with Crippen LogP contribution < -0.4 is 5.32 Å². The average Bonchev–Trinajstić information content (AvgIpc) is 3.36. The zero-order valence-corrected chi connectivity index (χ0v) is 22.3. The Morgan fingerprint density at radius 3 is 2.16 bits per heavy atom. The van der Waals surface area contributed by atoms with E-state index in [0.717, 1.165) is 44.2 Å². The maximum atomic E-state index is 4.96. The third kappa shape index (κ3) is 3.90. The molecule has 0 aliphatic carbocycles. The van der Waals surface area contributed by atoms with E-state index in [-0.39, 0.29) is 0 Å². The molecule has 37 heavy (non-hydrogen) atoms. The second-order valence-corrected chi connectivity index (χ2v) is 10.9. The average molecular weight is 488 g/mol. The van der Waals surface area contributed by atoms with Crippen molar-refractivity contribution in [2.45, 2.75) is 53.5 Å². The first-order valence-corrected chi connectivity index (χ1v) is 13.2. The summed E-state index contributed by atoms with van der Waals surface area (Å²) < 4.78 is 0. The molecule has 6 aromatic rings. The number of benzene rings is 4. The standard InChI is InChI=1S/C32H33N5/c1-17(2)20(6)35-27-19(5)7-8-23-15-21(9-11-24(23)27)22-10-12-25-26(16-22)28-30(34-14-13-33-28)31-29(25)36-32(37-31)18(3)4/h7-18,20,35H,1-6H3,(H,36,37). The molecule has 0 spiro atoms. The van der Waals surface area contributed by atoms with Crippen LogP contribution in [0.4, 0.5) is 5.69 Å². The van der Waals surface area contributed by atoms with Gasteiger partial charge in [-0.2, -0.15) is 0 Å². The highest BCUT2D eigenvalue weighted by Gasteiger charge is 2.17. The third-order valence-electron chi connectivity index (χ3n) is 7.67. The van der Waals surface area contributed by atoms with E-state index in [0.29, 0.717) is 17.9 Å². The molecule has 0 bridgehead atoms. The van der Waals surface area contributed by atoms with Crippen LogP contribution in [0, 0.1) is 12.8 Å². The topological polar surface area (TPSA) is 66.5 Å². The van der Waals surface area contributed by atoms with Crippen molar-refractivity contribution >= 4 is 49.3 Å². The second kappa shape index (κ2) is 8.84. The van der Waals surface area contributed by atoms with Gasteiger partial charge < -0.3 is 10.3 Å². The van der Waals surface area contributed by atoms with Crippen molar-refractivity contribution in [2.24, 2.45) is 5.92 Å². The Kier molecular flexibility index (Phi) is 5.59. The molecule has 1 atom stereocenters. The van der Waals surface area contributed by atoms with Crippen LogP contribution in [0.5, 0.6) is 0 Å². The van der Waals surface area contributed by atoms with E-state index < -0.39 is 0 Å². The lowest BCUT2D eigenvalue weighted by Crippen LogP contribution is -2.22. The molecule has 0 amide bonds. The summed E-state index contributed by atoms with van der Waals surface area (Å²) in [7, 11) is 0. The van der Waals surface area contributed by atoms with E-state index in [1.54, 1.807) is 12.4 Å². The number of fused-ring (bicyclic) bond motifs is 7. The second-order valence-electron chi connectivity index (χ2n) is 10.9. The number of aromatic nitrogens is 4. The molecule has 186 valence electrons. The SMILES string of the molecule is Cc1ccc2cc(-c3ccc4c(c3)c3nccnc3c3[nH]c(C(C)C)nc43)ccc2c1NC(C)C(C)C. The number of aromatic amines is 1. The first-order chi connectivity index (χ1) is 17.8. The summed E-state index contributed by atoms with van der Waals surface area (Å²) in [5.74, 6) is 1.83. The fourth-order valence-corrected chi connectivity index (χ4v) is 5.08. The molecule has 0 saturated carbocycles. The molecule has 0 radical (unpaired) electrons. The lowest BCUT2D eigenvalue weighted by atomic mass is 9.95. The highest BCUT2D eigenvalue weighted by Crippen LogP contribution is 2.37.